The van der Waals surface area contributed by atoms with Crippen molar-refractivity contribution in [1.82, 2.24) is 5.32 Å². The Morgan fingerprint density at radius 3 is 2.64 bits per heavy atom. The van der Waals surface area contributed by atoms with Crippen LogP contribution in [0.2, 0.25) is 0 Å². The standard InChI is InChI=1S/C25H23FN4O2S/c1-30-20-12-6-3-10-17(20)22(15-8-2-5-11-18(15)26)28-23(24(30)31)29-25(32)27-19-14-33-21-13-7-4-9-16(19)21/h2-3,5-6,8,10-12,14,23H,4,7,9,13H2,1H3,(H2,27,29,32). The van der Waals surface area contributed by atoms with E-state index >= 15 is 0 Å². The average molecular weight is 463 g/mol. The summed E-state index contributed by atoms with van der Waals surface area (Å²) in [4.78, 5) is 33.4. The number of anilines is 2. The minimum atomic E-state index is -1.20. The summed E-state index contributed by atoms with van der Waals surface area (Å²) < 4.78 is 14.7. The van der Waals surface area contributed by atoms with Crippen molar-refractivity contribution < 1.29 is 14.0 Å². The van der Waals surface area contributed by atoms with Crippen LogP contribution in [0.15, 0.2) is 58.9 Å². The molecule has 3 aromatic rings. The second-order valence-electron chi connectivity index (χ2n) is 8.13. The van der Waals surface area contributed by atoms with E-state index in [0.29, 0.717) is 17.0 Å². The number of benzodiazepines with no additional fused rings is 1. The topological polar surface area (TPSA) is 73.8 Å². The van der Waals surface area contributed by atoms with Gasteiger partial charge in [0.2, 0.25) is 6.17 Å². The van der Waals surface area contributed by atoms with E-state index in [2.05, 4.69) is 15.6 Å². The molecular formula is C25H23FN4O2S. The Bertz CT molecular complexity index is 1270. The van der Waals surface area contributed by atoms with Gasteiger partial charge in [0, 0.05) is 28.4 Å². The van der Waals surface area contributed by atoms with E-state index in [1.807, 2.05) is 17.5 Å². The van der Waals surface area contributed by atoms with Gasteiger partial charge in [-0.2, -0.15) is 0 Å². The van der Waals surface area contributed by atoms with Crippen LogP contribution in [0, 0.1) is 5.82 Å². The average Bonchev–Trinajstić information content (AvgIpc) is 3.20. The number of benzene rings is 2. The predicted molar refractivity (Wildman–Crippen MR) is 129 cm³/mol. The monoisotopic (exact) mass is 462 g/mol. The second kappa shape index (κ2) is 8.78. The fourth-order valence-electron chi connectivity index (χ4n) is 4.37. The summed E-state index contributed by atoms with van der Waals surface area (Å²) >= 11 is 1.65. The van der Waals surface area contributed by atoms with Crippen molar-refractivity contribution >= 4 is 40.4 Å². The number of fused-ring (bicyclic) bond motifs is 2. The van der Waals surface area contributed by atoms with Crippen LogP contribution in [-0.2, 0) is 17.6 Å². The predicted octanol–water partition coefficient (Wildman–Crippen LogP) is 4.73. The number of para-hydroxylation sites is 1. The first-order chi connectivity index (χ1) is 16.0. The first kappa shape index (κ1) is 21.3. The zero-order valence-corrected chi connectivity index (χ0v) is 18.9. The summed E-state index contributed by atoms with van der Waals surface area (Å²) in [5, 5.41) is 7.52. The van der Waals surface area contributed by atoms with Gasteiger partial charge in [0.15, 0.2) is 0 Å². The Morgan fingerprint density at radius 1 is 1.09 bits per heavy atom. The second-order valence-corrected chi connectivity index (χ2v) is 9.10. The fraction of sp³-hybridized carbons (Fsp3) is 0.240. The molecule has 2 N–H and O–H groups in total. The summed E-state index contributed by atoms with van der Waals surface area (Å²) in [7, 11) is 1.63. The molecule has 2 aromatic carbocycles. The maximum absolute atomic E-state index is 14.7. The molecule has 1 aliphatic heterocycles. The third-order valence-corrected chi connectivity index (χ3v) is 7.14. The Morgan fingerprint density at radius 2 is 1.82 bits per heavy atom. The van der Waals surface area contributed by atoms with E-state index in [9.17, 15) is 14.0 Å². The van der Waals surface area contributed by atoms with E-state index in [1.54, 1.807) is 48.7 Å². The number of aliphatic imine (C=N–C) groups is 1. The molecule has 1 aromatic heterocycles. The van der Waals surface area contributed by atoms with Gasteiger partial charge in [-0.25, -0.2) is 14.2 Å². The number of amides is 3. The molecule has 0 bridgehead atoms. The summed E-state index contributed by atoms with van der Waals surface area (Å²) in [5.74, 6) is -0.854. The third kappa shape index (κ3) is 4.02. The number of likely N-dealkylation sites (N-methyl/N-ethyl adjacent to an activating group) is 1. The van der Waals surface area contributed by atoms with Crippen LogP contribution in [0.25, 0.3) is 0 Å². The molecule has 0 fully saturated rings. The van der Waals surface area contributed by atoms with Crippen molar-refractivity contribution in [2.24, 2.45) is 4.99 Å². The zero-order chi connectivity index (χ0) is 22.9. The van der Waals surface area contributed by atoms with Crippen molar-refractivity contribution in [2.45, 2.75) is 31.8 Å². The maximum atomic E-state index is 14.7. The van der Waals surface area contributed by atoms with E-state index < -0.39 is 23.9 Å². The Labute approximate surface area is 195 Å². The molecule has 1 atom stereocenters. The van der Waals surface area contributed by atoms with Crippen molar-refractivity contribution in [1.29, 1.82) is 0 Å². The molecule has 2 aliphatic rings. The lowest BCUT2D eigenvalue weighted by atomic mass is 9.98. The van der Waals surface area contributed by atoms with Gasteiger partial charge in [-0.1, -0.05) is 30.3 Å². The highest BCUT2D eigenvalue weighted by atomic mass is 32.1. The summed E-state index contributed by atoms with van der Waals surface area (Å²) in [6.45, 7) is 0. The molecule has 168 valence electrons. The van der Waals surface area contributed by atoms with Crippen LogP contribution in [0.1, 0.15) is 34.4 Å². The van der Waals surface area contributed by atoms with Gasteiger partial charge in [-0.15, -0.1) is 11.3 Å². The molecular weight excluding hydrogens is 439 g/mol. The maximum Gasteiger partial charge on any atom is 0.321 e. The molecule has 2 heterocycles. The van der Waals surface area contributed by atoms with Crippen LogP contribution < -0.4 is 15.5 Å². The lowest BCUT2D eigenvalue weighted by molar-refractivity contribution is -0.119. The van der Waals surface area contributed by atoms with E-state index in [4.69, 9.17) is 0 Å². The first-order valence-electron chi connectivity index (χ1n) is 10.9. The molecule has 33 heavy (non-hydrogen) atoms. The van der Waals surface area contributed by atoms with Gasteiger partial charge in [0.1, 0.15) is 5.82 Å². The number of thiophene rings is 1. The number of nitrogens with one attached hydrogen (secondary N) is 2. The molecule has 1 aliphatic carbocycles. The molecule has 0 spiro atoms. The Kier molecular flexibility index (Phi) is 5.68. The lowest BCUT2D eigenvalue weighted by Crippen LogP contribution is -2.47. The number of nitrogens with zero attached hydrogens (tertiary/aromatic N) is 2. The van der Waals surface area contributed by atoms with Gasteiger partial charge in [-0.3, -0.25) is 4.79 Å². The number of hydrogen-bond donors (Lipinski definition) is 2. The van der Waals surface area contributed by atoms with Crippen LogP contribution >= 0.6 is 11.3 Å². The largest absolute Gasteiger partial charge is 0.321 e. The van der Waals surface area contributed by atoms with Gasteiger partial charge in [-0.05, 0) is 49.4 Å². The molecule has 6 nitrogen and oxygen atoms in total. The molecule has 5 rings (SSSR count). The van der Waals surface area contributed by atoms with E-state index in [0.717, 1.165) is 31.4 Å². The quantitative estimate of drug-likeness (QED) is 0.591. The fourth-order valence-corrected chi connectivity index (χ4v) is 5.44. The first-order valence-corrected chi connectivity index (χ1v) is 11.8. The smallest absolute Gasteiger partial charge is 0.311 e. The number of carbonyl (C=O) groups is 2. The number of halogens is 1. The molecule has 3 amide bonds. The molecule has 8 heteroatoms. The molecule has 0 saturated carbocycles. The van der Waals surface area contributed by atoms with E-state index in [-0.39, 0.29) is 5.56 Å². The molecule has 0 saturated heterocycles. The van der Waals surface area contributed by atoms with Crippen LogP contribution in [-0.4, -0.2) is 30.9 Å². The number of carbonyl (C=O) groups excluding carboxylic acids is 2. The zero-order valence-electron chi connectivity index (χ0n) is 18.1. The van der Waals surface area contributed by atoms with Crippen LogP contribution in [0.5, 0.6) is 0 Å². The van der Waals surface area contributed by atoms with Crippen LogP contribution in [0.4, 0.5) is 20.6 Å². The van der Waals surface area contributed by atoms with Crippen molar-refractivity contribution in [3.63, 3.8) is 0 Å². The van der Waals surface area contributed by atoms with Crippen LogP contribution in [0.3, 0.4) is 0 Å². The van der Waals surface area contributed by atoms with Crippen molar-refractivity contribution in [3.8, 4) is 0 Å². The molecule has 0 radical (unpaired) electrons. The van der Waals surface area contributed by atoms with Gasteiger partial charge in [0.05, 0.1) is 17.1 Å². The minimum absolute atomic E-state index is 0.271. The van der Waals surface area contributed by atoms with E-state index in [1.165, 1.54) is 21.4 Å². The highest BCUT2D eigenvalue weighted by Crippen LogP contribution is 2.33. The summed E-state index contributed by atoms with van der Waals surface area (Å²) in [6.07, 6.45) is 3.02. The SMILES string of the molecule is CN1C(=O)C(NC(=O)Nc2csc3c2CCCC3)N=C(c2ccccc2F)c2ccccc21. The van der Waals surface area contributed by atoms with Crippen molar-refractivity contribution in [2.75, 3.05) is 17.3 Å². The highest BCUT2D eigenvalue weighted by molar-refractivity contribution is 7.10. The normalized spacial score (nSPS) is 17.5. The van der Waals surface area contributed by atoms with Crippen molar-refractivity contribution in [3.05, 3.63) is 81.3 Å². The number of urea groups is 1. The Hall–Kier alpha value is -3.52. The highest BCUT2D eigenvalue weighted by Gasteiger charge is 2.32. The summed E-state index contributed by atoms with van der Waals surface area (Å²) in [5.41, 5.74) is 3.76. The number of aryl methyl sites for hydroxylation is 1. The third-order valence-electron chi connectivity index (χ3n) is 6.05. The summed E-state index contributed by atoms with van der Waals surface area (Å²) in [6, 6.07) is 13.0. The van der Waals surface area contributed by atoms with Gasteiger partial charge < -0.3 is 15.5 Å². The Balaban J connectivity index is 1.48. The number of hydrogen-bond acceptors (Lipinski definition) is 4. The minimum Gasteiger partial charge on any atom is -0.311 e. The van der Waals surface area contributed by atoms with Gasteiger partial charge >= 0.3 is 6.03 Å². The molecule has 1 unspecified atom stereocenters. The van der Waals surface area contributed by atoms with Gasteiger partial charge in [0.25, 0.3) is 5.91 Å². The lowest BCUT2D eigenvalue weighted by Gasteiger charge is -2.21. The number of rotatable bonds is 3.